The van der Waals surface area contributed by atoms with E-state index < -0.39 is 12.0 Å². The van der Waals surface area contributed by atoms with Gasteiger partial charge in [0, 0.05) is 25.0 Å². The maximum absolute atomic E-state index is 12.7. The number of benzene rings is 1. The average molecular weight is 400 g/mol. The summed E-state index contributed by atoms with van der Waals surface area (Å²) in [5.41, 5.74) is -0.162. The highest BCUT2D eigenvalue weighted by atomic mass is 19.4. The van der Waals surface area contributed by atoms with E-state index in [-0.39, 0.29) is 11.7 Å². The molecule has 1 unspecified atom stereocenters. The highest BCUT2D eigenvalue weighted by Crippen LogP contribution is 2.42. The lowest BCUT2D eigenvalue weighted by atomic mass is 9.72. The maximum Gasteiger partial charge on any atom is 0.573 e. The second-order valence-electron chi connectivity index (χ2n) is 8.50. The van der Waals surface area contributed by atoms with E-state index in [9.17, 15) is 18.3 Å². The van der Waals surface area contributed by atoms with Crippen LogP contribution >= 0.6 is 0 Å². The lowest BCUT2D eigenvalue weighted by Crippen LogP contribution is -2.44. The number of alkyl halides is 3. The smallest absolute Gasteiger partial charge is 0.406 e. The van der Waals surface area contributed by atoms with Crippen molar-refractivity contribution >= 4 is 0 Å². The highest BCUT2D eigenvalue weighted by Gasteiger charge is 2.41. The predicted molar refractivity (Wildman–Crippen MR) is 102 cm³/mol. The van der Waals surface area contributed by atoms with Crippen LogP contribution in [-0.2, 0) is 0 Å². The molecule has 1 aromatic carbocycles. The molecule has 0 spiro atoms. The van der Waals surface area contributed by atoms with Gasteiger partial charge in [-0.15, -0.1) is 13.2 Å². The minimum absolute atomic E-state index is 0.220. The summed E-state index contributed by atoms with van der Waals surface area (Å²) in [5, 5.41) is 11.4. The maximum atomic E-state index is 12.7. The number of rotatable bonds is 6. The molecule has 7 heteroatoms. The number of ether oxygens (including phenoxy) is 1. The number of hydrogen-bond acceptors (Lipinski definition) is 4. The first kappa shape index (κ1) is 21.4. The molecule has 2 fully saturated rings. The molecule has 0 amide bonds. The second kappa shape index (κ2) is 8.59. The Bertz CT molecular complexity index is 645. The molecule has 3 rings (SSSR count). The van der Waals surface area contributed by atoms with Gasteiger partial charge in [0.25, 0.3) is 0 Å². The third-order valence-corrected chi connectivity index (χ3v) is 6.28. The fourth-order valence-corrected chi connectivity index (χ4v) is 4.68. The first-order valence-electron chi connectivity index (χ1n) is 10.1. The van der Waals surface area contributed by atoms with E-state index in [1.807, 2.05) is 6.07 Å². The summed E-state index contributed by atoms with van der Waals surface area (Å²) in [5.74, 6) is -0.451. The SMILES string of the molecule is CN(C)[C@H]1CCN(CC(c2cccc(OC(F)(F)F)c2)C2(O)CCCCC2)C1. The Morgan fingerprint density at radius 2 is 1.96 bits per heavy atom. The lowest BCUT2D eigenvalue weighted by molar-refractivity contribution is -0.274. The van der Waals surface area contributed by atoms with Crippen molar-refractivity contribution in [2.24, 2.45) is 0 Å². The fourth-order valence-electron chi connectivity index (χ4n) is 4.68. The van der Waals surface area contributed by atoms with Gasteiger partial charge in [-0.3, -0.25) is 0 Å². The zero-order valence-electron chi connectivity index (χ0n) is 16.7. The molecular formula is C21H31F3N2O2. The van der Waals surface area contributed by atoms with Crippen LogP contribution in [0, 0.1) is 0 Å². The molecule has 4 nitrogen and oxygen atoms in total. The van der Waals surface area contributed by atoms with Crippen LogP contribution in [0.4, 0.5) is 13.2 Å². The van der Waals surface area contributed by atoms with Gasteiger partial charge < -0.3 is 19.6 Å². The molecule has 1 aromatic rings. The minimum atomic E-state index is -4.72. The van der Waals surface area contributed by atoms with Crippen molar-refractivity contribution in [3.05, 3.63) is 29.8 Å². The number of hydrogen-bond donors (Lipinski definition) is 1. The molecule has 1 heterocycles. The van der Waals surface area contributed by atoms with Gasteiger partial charge in [-0.25, -0.2) is 0 Å². The van der Waals surface area contributed by atoms with Crippen LogP contribution in [0.3, 0.4) is 0 Å². The van der Waals surface area contributed by atoms with E-state index in [2.05, 4.69) is 28.6 Å². The number of likely N-dealkylation sites (N-methyl/N-ethyl adjacent to an activating group) is 1. The van der Waals surface area contributed by atoms with Crippen LogP contribution in [0.1, 0.15) is 50.0 Å². The Morgan fingerprint density at radius 1 is 1.25 bits per heavy atom. The van der Waals surface area contributed by atoms with E-state index in [0.717, 1.165) is 44.3 Å². The molecule has 2 atom stereocenters. The monoisotopic (exact) mass is 400 g/mol. The largest absolute Gasteiger partial charge is 0.573 e. The van der Waals surface area contributed by atoms with Crippen molar-refractivity contribution in [3.8, 4) is 5.75 Å². The van der Waals surface area contributed by atoms with Crippen LogP contribution in [-0.4, -0.2) is 66.6 Å². The van der Waals surface area contributed by atoms with Crippen LogP contribution in [0.25, 0.3) is 0 Å². The molecule has 158 valence electrons. The lowest BCUT2D eigenvalue weighted by Gasteiger charge is -2.41. The molecule has 0 aromatic heterocycles. The second-order valence-corrected chi connectivity index (χ2v) is 8.50. The minimum Gasteiger partial charge on any atom is -0.406 e. The first-order valence-corrected chi connectivity index (χ1v) is 10.1. The van der Waals surface area contributed by atoms with Crippen LogP contribution in [0.5, 0.6) is 5.75 Å². The van der Waals surface area contributed by atoms with Gasteiger partial charge in [-0.05, 0) is 57.6 Å². The predicted octanol–water partition coefficient (Wildman–Crippen LogP) is 4.00. The van der Waals surface area contributed by atoms with Gasteiger partial charge in [0.2, 0.25) is 0 Å². The number of nitrogens with zero attached hydrogens (tertiary/aromatic N) is 2. The summed E-state index contributed by atoms with van der Waals surface area (Å²) in [6.07, 6.45) is 0.718. The van der Waals surface area contributed by atoms with Crippen LogP contribution < -0.4 is 4.74 Å². The Hall–Kier alpha value is -1.31. The van der Waals surface area contributed by atoms with Gasteiger partial charge in [0.1, 0.15) is 5.75 Å². The average Bonchev–Trinajstić information content (AvgIpc) is 3.08. The summed E-state index contributed by atoms with van der Waals surface area (Å²) < 4.78 is 42.1. The van der Waals surface area contributed by atoms with Crippen molar-refractivity contribution in [3.63, 3.8) is 0 Å². The molecule has 2 aliphatic rings. The van der Waals surface area contributed by atoms with Gasteiger partial charge in [-0.2, -0.15) is 0 Å². The normalized spacial score (nSPS) is 24.5. The zero-order valence-corrected chi connectivity index (χ0v) is 16.7. The van der Waals surface area contributed by atoms with Crippen molar-refractivity contribution in [1.82, 2.24) is 9.80 Å². The molecular weight excluding hydrogens is 369 g/mol. The Morgan fingerprint density at radius 3 is 2.57 bits per heavy atom. The highest BCUT2D eigenvalue weighted by molar-refractivity contribution is 5.33. The van der Waals surface area contributed by atoms with Crippen molar-refractivity contribution in [1.29, 1.82) is 0 Å². The fraction of sp³-hybridized carbons (Fsp3) is 0.714. The summed E-state index contributed by atoms with van der Waals surface area (Å²) in [6.45, 7) is 2.50. The van der Waals surface area contributed by atoms with Crippen molar-refractivity contribution < 1.29 is 23.0 Å². The number of likely N-dealkylation sites (tertiary alicyclic amines) is 1. The van der Waals surface area contributed by atoms with Gasteiger partial charge >= 0.3 is 6.36 Å². The third kappa shape index (κ3) is 5.39. The molecule has 1 saturated heterocycles. The molecule has 1 aliphatic heterocycles. The van der Waals surface area contributed by atoms with E-state index in [1.165, 1.54) is 12.1 Å². The Kier molecular flexibility index (Phi) is 6.57. The summed E-state index contributed by atoms with van der Waals surface area (Å²) >= 11 is 0. The van der Waals surface area contributed by atoms with Crippen molar-refractivity contribution in [2.45, 2.75) is 62.4 Å². The van der Waals surface area contributed by atoms with E-state index in [4.69, 9.17) is 0 Å². The molecule has 1 aliphatic carbocycles. The standard InChI is InChI=1S/C21H31F3N2O2/c1-25(2)17-9-12-26(14-17)15-19(20(27)10-4-3-5-11-20)16-7-6-8-18(13-16)28-21(22,23)24/h6-8,13,17,19,27H,3-5,9-12,14-15H2,1-2H3/t17-,19?/m0/s1. The Labute approximate surface area is 165 Å². The van der Waals surface area contributed by atoms with Crippen LogP contribution in [0.2, 0.25) is 0 Å². The molecule has 1 saturated carbocycles. The van der Waals surface area contributed by atoms with Gasteiger partial charge in [0.15, 0.2) is 0 Å². The number of aliphatic hydroxyl groups is 1. The molecule has 0 radical (unpaired) electrons. The van der Waals surface area contributed by atoms with Crippen molar-refractivity contribution in [2.75, 3.05) is 33.7 Å². The molecule has 1 N–H and O–H groups in total. The van der Waals surface area contributed by atoms with E-state index in [0.29, 0.717) is 25.4 Å². The molecule has 0 bridgehead atoms. The van der Waals surface area contributed by atoms with Crippen LogP contribution in [0.15, 0.2) is 24.3 Å². The summed E-state index contributed by atoms with van der Waals surface area (Å²) in [6, 6.07) is 6.64. The van der Waals surface area contributed by atoms with E-state index in [1.54, 1.807) is 6.07 Å². The summed E-state index contributed by atoms with van der Waals surface area (Å²) in [7, 11) is 4.14. The quantitative estimate of drug-likeness (QED) is 0.783. The molecule has 28 heavy (non-hydrogen) atoms. The van der Waals surface area contributed by atoms with Gasteiger partial charge in [0.05, 0.1) is 5.60 Å². The number of halogens is 3. The topological polar surface area (TPSA) is 35.9 Å². The Balaban J connectivity index is 1.83. The van der Waals surface area contributed by atoms with E-state index >= 15 is 0 Å². The first-order chi connectivity index (χ1) is 13.2. The van der Waals surface area contributed by atoms with Gasteiger partial charge in [-0.1, -0.05) is 31.4 Å². The third-order valence-electron chi connectivity index (χ3n) is 6.28. The summed E-state index contributed by atoms with van der Waals surface area (Å²) in [4.78, 5) is 4.54. The zero-order chi connectivity index (χ0) is 20.4.